The average molecular weight is 248 g/mol. The number of benzene rings is 1. The van der Waals surface area contributed by atoms with Crippen LogP contribution in [0.1, 0.15) is 19.0 Å². The summed E-state index contributed by atoms with van der Waals surface area (Å²) >= 11 is 0. The second-order valence-corrected chi connectivity index (χ2v) is 4.16. The highest BCUT2D eigenvalue weighted by molar-refractivity contribution is 5.86. The maximum absolute atomic E-state index is 11.8. The Balaban J connectivity index is 2.07. The largest absolute Gasteiger partial charge is 0.394 e. The molecule has 0 saturated carbocycles. The molecule has 2 rings (SSSR count). The highest BCUT2D eigenvalue weighted by Gasteiger charge is 2.14. The van der Waals surface area contributed by atoms with Gasteiger partial charge in [-0.25, -0.2) is 0 Å². The fourth-order valence-electron chi connectivity index (χ4n) is 1.77. The van der Waals surface area contributed by atoms with Crippen molar-refractivity contribution in [3.8, 4) is 0 Å². The van der Waals surface area contributed by atoms with Crippen molar-refractivity contribution < 1.29 is 14.4 Å². The zero-order valence-corrected chi connectivity index (χ0v) is 10.2. The van der Waals surface area contributed by atoms with Gasteiger partial charge in [-0.1, -0.05) is 24.2 Å². The Kier molecular flexibility index (Phi) is 3.94. The van der Waals surface area contributed by atoms with Crippen LogP contribution in [0.3, 0.4) is 0 Å². The number of para-hydroxylation sites is 1. The maximum atomic E-state index is 11.8. The third-order valence-corrected chi connectivity index (χ3v) is 2.86. The Morgan fingerprint density at radius 1 is 1.50 bits per heavy atom. The van der Waals surface area contributed by atoms with Crippen LogP contribution in [0.15, 0.2) is 28.8 Å². The van der Waals surface area contributed by atoms with Crippen LogP contribution in [-0.2, 0) is 11.2 Å². The van der Waals surface area contributed by atoms with Crippen LogP contribution < -0.4 is 5.32 Å². The quantitative estimate of drug-likeness (QED) is 0.835. The van der Waals surface area contributed by atoms with E-state index >= 15 is 0 Å². The van der Waals surface area contributed by atoms with Gasteiger partial charge in [0.15, 0.2) is 5.58 Å². The van der Waals surface area contributed by atoms with Crippen LogP contribution in [0.25, 0.3) is 11.0 Å². The lowest BCUT2D eigenvalue weighted by molar-refractivity contribution is -0.121. The van der Waals surface area contributed by atoms with Crippen molar-refractivity contribution in [3.63, 3.8) is 0 Å². The molecule has 2 aromatic rings. The molecule has 0 radical (unpaired) electrons. The number of carbonyl (C=O) groups is 1. The molecule has 0 aliphatic heterocycles. The molecule has 0 bridgehead atoms. The molecule has 96 valence electrons. The molecule has 1 amide bonds. The van der Waals surface area contributed by atoms with E-state index in [0.29, 0.717) is 17.7 Å². The van der Waals surface area contributed by atoms with Gasteiger partial charge < -0.3 is 14.9 Å². The highest BCUT2D eigenvalue weighted by atomic mass is 16.5. The molecule has 2 N–H and O–H groups in total. The Hall–Kier alpha value is -1.88. The number of fused-ring (bicyclic) bond motifs is 1. The number of amides is 1. The van der Waals surface area contributed by atoms with Gasteiger partial charge in [0.1, 0.15) is 5.69 Å². The molecule has 0 aliphatic carbocycles. The van der Waals surface area contributed by atoms with E-state index in [0.717, 1.165) is 5.39 Å². The Bertz CT molecular complexity index is 532. The first-order chi connectivity index (χ1) is 8.74. The van der Waals surface area contributed by atoms with Crippen LogP contribution in [0.2, 0.25) is 0 Å². The van der Waals surface area contributed by atoms with Crippen molar-refractivity contribution in [2.24, 2.45) is 0 Å². The van der Waals surface area contributed by atoms with Gasteiger partial charge in [0.2, 0.25) is 5.91 Å². The van der Waals surface area contributed by atoms with Crippen LogP contribution in [0.4, 0.5) is 0 Å². The molecule has 1 heterocycles. The van der Waals surface area contributed by atoms with E-state index in [1.807, 2.05) is 31.2 Å². The maximum Gasteiger partial charge on any atom is 0.226 e. The summed E-state index contributed by atoms with van der Waals surface area (Å²) in [6.07, 6.45) is 0.856. The number of rotatable bonds is 5. The van der Waals surface area contributed by atoms with Gasteiger partial charge >= 0.3 is 0 Å². The molecule has 1 aromatic heterocycles. The summed E-state index contributed by atoms with van der Waals surface area (Å²) in [6, 6.07) is 7.22. The number of aliphatic hydroxyl groups excluding tert-OH is 1. The van der Waals surface area contributed by atoms with Gasteiger partial charge in [0, 0.05) is 5.39 Å². The number of nitrogens with one attached hydrogen (secondary N) is 1. The van der Waals surface area contributed by atoms with E-state index < -0.39 is 0 Å². The van der Waals surface area contributed by atoms with Crippen molar-refractivity contribution in [2.75, 3.05) is 6.61 Å². The fourth-order valence-corrected chi connectivity index (χ4v) is 1.77. The zero-order valence-electron chi connectivity index (χ0n) is 10.2. The lowest BCUT2D eigenvalue weighted by Crippen LogP contribution is -2.37. The normalized spacial score (nSPS) is 12.6. The van der Waals surface area contributed by atoms with Gasteiger partial charge in [0.05, 0.1) is 19.1 Å². The Morgan fingerprint density at radius 2 is 2.28 bits per heavy atom. The molecular weight excluding hydrogens is 232 g/mol. The average Bonchev–Trinajstić information content (AvgIpc) is 2.79. The minimum Gasteiger partial charge on any atom is -0.394 e. The second kappa shape index (κ2) is 5.64. The molecule has 18 heavy (non-hydrogen) atoms. The SMILES string of the molecule is CCC(CO)NC(=O)Cc1noc2ccccc12. The molecule has 0 fully saturated rings. The zero-order chi connectivity index (χ0) is 13.0. The molecule has 0 aliphatic rings. The second-order valence-electron chi connectivity index (χ2n) is 4.16. The Morgan fingerprint density at radius 3 is 3.00 bits per heavy atom. The van der Waals surface area contributed by atoms with E-state index in [2.05, 4.69) is 10.5 Å². The number of carbonyl (C=O) groups excluding carboxylic acids is 1. The van der Waals surface area contributed by atoms with E-state index in [1.165, 1.54) is 0 Å². The molecular formula is C13H16N2O3. The van der Waals surface area contributed by atoms with Gasteiger partial charge in [-0.3, -0.25) is 4.79 Å². The summed E-state index contributed by atoms with van der Waals surface area (Å²) in [7, 11) is 0. The fraction of sp³-hybridized carbons (Fsp3) is 0.385. The molecule has 5 nitrogen and oxygen atoms in total. The van der Waals surface area contributed by atoms with E-state index in [9.17, 15) is 4.79 Å². The van der Waals surface area contributed by atoms with Crippen LogP contribution in [0.5, 0.6) is 0 Å². The number of hydrogen-bond donors (Lipinski definition) is 2. The molecule has 5 heteroatoms. The monoisotopic (exact) mass is 248 g/mol. The van der Waals surface area contributed by atoms with Crippen LogP contribution in [0, 0.1) is 0 Å². The summed E-state index contributed by atoms with van der Waals surface area (Å²) in [6.45, 7) is 1.86. The van der Waals surface area contributed by atoms with E-state index in [-0.39, 0.29) is 25.0 Å². The van der Waals surface area contributed by atoms with E-state index in [1.54, 1.807) is 0 Å². The van der Waals surface area contributed by atoms with Crippen molar-refractivity contribution >= 4 is 16.9 Å². The van der Waals surface area contributed by atoms with Crippen molar-refractivity contribution in [2.45, 2.75) is 25.8 Å². The first kappa shape index (κ1) is 12.6. The lowest BCUT2D eigenvalue weighted by Gasteiger charge is -2.13. The van der Waals surface area contributed by atoms with Gasteiger partial charge in [-0.05, 0) is 18.6 Å². The number of nitrogens with zero attached hydrogens (tertiary/aromatic N) is 1. The van der Waals surface area contributed by atoms with Crippen molar-refractivity contribution in [1.29, 1.82) is 0 Å². The predicted molar refractivity (Wildman–Crippen MR) is 67.0 cm³/mol. The van der Waals surface area contributed by atoms with Gasteiger partial charge in [0.25, 0.3) is 0 Å². The van der Waals surface area contributed by atoms with Crippen molar-refractivity contribution in [3.05, 3.63) is 30.0 Å². The molecule has 1 unspecified atom stereocenters. The van der Waals surface area contributed by atoms with E-state index in [4.69, 9.17) is 9.63 Å². The lowest BCUT2D eigenvalue weighted by atomic mass is 10.1. The predicted octanol–water partition coefficient (Wildman–Crippen LogP) is 1.26. The van der Waals surface area contributed by atoms with Crippen LogP contribution in [-0.4, -0.2) is 28.8 Å². The summed E-state index contributed by atoms with van der Waals surface area (Å²) in [5, 5.41) is 16.5. The topological polar surface area (TPSA) is 75.4 Å². The summed E-state index contributed by atoms with van der Waals surface area (Å²) < 4.78 is 5.13. The smallest absolute Gasteiger partial charge is 0.226 e. The third kappa shape index (κ3) is 2.68. The Labute approximate surface area is 105 Å². The number of hydrogen-bond acceptors (Lipinski definition) is 4. The number of aliphatic hydroxyl groups is 1. The highest BCUT2D eigenvalue weighted by Crippen LogP contribution is 2.17. The molecule has 0 saturated heterocycles. The third-order valence-electron chi connectivity index (χ3n) is 2.86. The van der Waals surface area contributed by atoms with Gasteiger partial charge in [-0.15, -0.1) is 0 Å². The first-order valence-corrected chi connectivity index (χ1v) is 5.98. The molecule has 0 spiro atoms. The number of aromatic nitrogens is 1. The minimum absolute atomic E-state index is 0.0538. The van der Waals surface area contributed by atoms with Crippen molar-refractivity contribution in [1.82, 2.24) is 10.5 Å². The summed E-state index contributed by atoms with van der Waals surface area (Å²) in [5.74, 6) is -0.157. The standard InChI is InChI=1S/C13H16N2O3/c1-2-9(8-16)14-13(17)7-11-10-5-3-4-6-12(10)18-15-11/h3-6,9,16H,2,7-8H2,1H3,(H,14,17). The molecule has 1 atom stereocenters. The van der Waals surface area contributed by atoms with Gasteiger partial charge in [-0.2, -0.15) is 0 Å². The minimum atomic E-state index is -0.198. The first-order valence-electron chi connectivity index (χ1n) is 5.98. The molecule has 1 aromatic carbocycles. The summed E-state index contributed by atoms with van der Waals surface area (Å²) in [5.41, 5.74) is 1.30. The summed E-state index contributed by atoms with van der Waals surface area (Å²) in [4.78, 5) is 11.8. The van der Waals surface area contributed by atoms with Crippen LogP contribution >= 0.6 is 0 Å².